The Morgan fingerprint density at radius 3 is 2.28 bits per heavy atom. The van der Waals surface area contributed by atoms with Gasteiger partial charge in [-0.15, -0.1) is 0 Å². The number of hydrogen-bond donors (Lipinski definition) is 3. The molecule has 0 spiro atoms. The van der Waals surface area contributed by atoms with Crippen molar-refractivity contribution in [1.29, 1.82) is 0 Å². The number of carbonyl (C=O) groups excluding carboxylic acids is 6. The number of piperidine rings is 4. The molecule has 18 heteroatoms. The molecule has 2 unspecified atom stereocenters. The topological polar surface area (TPSA) is 225 Å². The van der Waals surface area contributed by atoms with Gasteiger partial charge in [0.05, 0.1) is 27.9 Å². The molecular formula is C42H47N9O8S. The van der Waals surface area contributed by atoms with Gasteiger partial charge in [-0.1, -0.05) is 12.1 Å². The zero-order valence-corrected chi connectivity index (χ0v) is 34.0. The number of benzene rings is 2. The van der Waals surface area contributed by atoms with Crippen LogP contribution in [0.15, 0.2) is 53.6 Å². The zero-order chi connectivity index (χ0) is 42.0. The van der Waals surface area contributed by atoms with Crippen LogP contribution in [0.2, 0.25) is 0 Å². The predicted octanol–water partition coefficient (Wildman–Crippen LogP) is 0.903. The van der Waals surface area contributed by atoms with Crippen LogP contribution in [0.4, 0.5) is 11.5 Å². The number of nitrogens with one attached hydrogen (secondary N) is 2. The van der Waals surface area contributed by atoms with Gasteiger partial charge in [-0.05, 0) is 79.8 Å². The van der Waals surface area contributed by atoms with Crippen molar-refractivity contribution >= 4 is 56.8 Å². The summed E-state index contributed by atoms with van der Waals surface area (Å²) in [6.07, 6.45) is 6.67. The third-order valence-corrected chi connectivity index (χ3v) is 14.3. The zero-order valence-electron chi connectivity index (χ0n) is 33.2. The molecular weight excluding hydrogens is 791 g/mol. The lowest BCUT2D eigenvalue weighted by molar-refractivity contribution is -0.136. The summed E-state index contributed by atoms with van der Waals surface area (Å²) in [4.78, 5) is 93.6. The number of anilines is 2. The quantitative estimate of drug-likeness (QED) is 0.242. The number of rotatable bonds is 10. The van der Waals surface area contributed by atoms with Crippen LogP contribution < -0.4 is 26.2 Å². The fourth-order valence-electron chi connectivity index (χ4n) is 9.94. The van der Waals surface area contributed by atoms with Crippen molar-refractivity contribution < 1.29 is 37.2 Å². The van der Waals surface area contributed by atoms with Gasteiger partial charge < -0.3 is 20.9 Å². The van der Waals surface area contributed by atoms with Crippen molar-refractivity contribution in [3.05, 3.63) is 76.7 Å². The number of aromatic nitrogens is 2. The number of fused-ring (bicyclic) bond motifs is 2. The molecule has 5 atom stereocenters. The van der Waals surface area contributed by atoms with Gasteiger partial charge in [0.15, 0.2) is 9.84 Å². The fraction of sp³-hybridized carbons (Fsp3) is 0.476. The summed E-state index contributed by atoms with van der Waals surface area (Å²) in [5.41, 5.74) is 8.26. The summed E-state index contributed by atoms with van der Waals surface area (Å²) in [5, 5.41) is 5.55. The van der Waals surface area contributed by atoms with E-state index in [2.05, 4.69) is 30.3 Å². The van der Waals surface area contributed by atoms with E-state index in [0.29, 0.717) is 35.9 Å². The van der Waals surface area contributed by atoms with Crippen LogP contribution in [-0.2, 0) is 30.6 Å². The van der Waals surface area contributed by atoms with E-state index >= 15 is 0 Å². The second-order valence-electron chi connectivity index (χ2n) is 17.0. The molecule has 9 rings (SSSR count). The van der Waals surface area contributed by atoms with Gasteiger partial charge in [-0.3, -0.25) is 43.9 Å². The minimum atomic E-state index is -3.35. The van der Waals surface area contributed by atoms with Gasteiger partial charge in [0, 0.05) is 82.1 Å². The van der Waals surface area contributed by atoms with Gasteiger partial charge in [-0.2, -0.15) is 0 Å². The Hall–Kier alpha value is -5.75. The second kappa shape index (κ2) is 15.4. The molecule has 1 aromatic heterocycles. The van der Waals surface area contributed by atoms with E-state index in [1.807, 2.05) is 6.07 Å². The Bertz CT molecular complexity index is 2410. The van der Waals surface area contributed by atoms with Gasteiger partial charge in [0.1, 0.15) is 17.6 Å². The van der Waals surface area contributed by atoms with Crippen LogP contribution in [0, 0.1) is 17.8 Å². The van der Waals surface area contributed by atoms with E-state index in [4.69, 9.17) is 10.7 Å². The first-order valence-electron chi connectivity index (χ1n) is 20.6. The lowest BCUT2D eigenvalue weighted by atomic mass is 10.0. The maximum Gasteiger partial charge on any atom is 0.269 e. The minimum absolute atomic E-state index is 0.00144. The lowest BCUT2D eigenvalue weighted by Crippen LogP contribution is -2.54. The fourth-order valence-corrected chi connectivity index (χ4v) is 10.6. The summed E-state index contributed by atoms with van der Waals surface area (Å²) in [6, 6.07) is 11.0. The molecule has 4 N–H and O–H groups in total. The molecule has 6 amide bonds. The number of imide groups is 2. The van der Waals surface area contributed by atoms with Crippen molar-refractivity contribution in [2.75, 3.05) is 55.3 Å². The first-order valence-corrected chi connectivity index (χ1v) is 22.5. The number of primary amides is 1. The maximum atomic E-state index is 13.6. The molecule has 4 saturated heterocycles. The molecule has 5 fully saturated rings. The van der Waals surface area contributed by atoms with Crippen LogP contribution >= 0.6 is 0 Å². The minimum Gasteiger partial charge on any atom is -0.371 e. The number of hydrogen-bond acceptors (Lipinski definition) is 13. The molecule has 0 radical (unpaired) electrons. The molecule has 1 saturated carbocycles. The first-order chi connectivity index (χ1) is 28.7. The first kappa shape index (κ1) is 39.7. The third kappa shape index (κ3) is 7.50. The largest absolute Gasteiger partial charge is 0.371 e. The van der Waals surface area contributed by atoms with E-state index in [9.17, 15) is 37.2 Å². The number of nitrogens with two attached hydrogens (primary N) is 1. The highest BCUT2D eigenvalue weighted by molar-refractivity contribution is 7.90. The summed E-state index contributed by atoms with van der Waals surface area (Å²) in [7, 11) is -3.35. The molecule has 6 aliphatic rings. The molecule has 60 heavy (non-hydrogen) atoms. The number of carbonyl (C=O) groups is 6. The van der Waals surface area contributed by atoms with Crippen LogP contribution in [0.5, 0.6) is 0 Å². The molecule has 314 valence electrons. The highest BCUT2D eigenvalue weighted by Gasteiger charge is 2.60. The summed E-state index contributed by atoms with van der Waals surface area (Å²) in [6.45, 7) is 4.61. The maximum absolute atomic E-state index is 13.6. The van der Waals surface area contributed by atoms with E-state index in [-0.39, 0.29) is 58.8 Å². The Kier molecular flexibility index (Phi) is 10.2. The normalized spacial score (nSPS) is 25.9. The molecule has 5 aliphatic heterocycles. The number of sulfone groups is 1. The smallest absolute Gasteiger partial charge is 0.269 e. The Morgan fingerprint density at radius 2 is 1.60 bits per heavy atom. The molecule has 0 bridgehead atoms. The van der Waals surface area contributed by atoms with E-state index in [0.717, 1.165) is 80.8 Å². The van der Waals surface area contributed by atoms with Crippen LogP contribution in [-0.4, -0.2) is 127 Å². The van der Waals surface area contributed by atoms with E-state index in [1.165, 1.54) is 12.1 Å². The second-order valence-corrected chi connectivity index (χ2v) is 19.0. The average molecular weight is 838 g/mol. The van der Waals surface area contributed by atoms with Gasteiger partial charge in [0.25, 0.3) is 17.7 Å². The Morgan fingerprint density at radius 1 is 0.883 bits per heavy atom. The highest BCUT2D eigenvalue weighted by atomic mass is 32.2. The van der Waals surface area contributed by atoms with E-state index in [1.54, 1.807) is 30.5 Å². The summed E-state index contributed by atoms with van der Waals surface area (Å²) < 4.78 is 23.8. The summed E-state index contributed by atoms with van der Waals surface area (Å²) in [5.74, 6) is -1.41. The lowest BCUT2D eigenvalue weighted by Gasteiger charge is -2.39. The van der Waals surface area contributed by atoms with E-state index < -0.39 is 45.4 Å². The van der Waals surface area contributed by atoms with Crippen LogP contribution in [0.25, 0.3) is 0 Å². The molecule has 3 aromatic rings. The Balaban J connectivity index is 0.758. The monoisotopic (exact) mass is 837 g/mol. The summed E-state index contributed by atoms with van der Waals surface area (Å²) >= 11 is 0. The molecule has 1 aliphatic carbocycles. The van der Waals surface area contributed by atoms with Gasteiger partial charge in [0.2, 0.25) is 17.7 Å². The number of amides is 6. The molecule has 6 heterocycles. The average Bonchev–Trinajstić information content (AvgIpc) is 3.62. The van der Waals surface area contributed by atoms with Gasteiger partial charge in [-0.25, -0.2) is 18.4 Å². The Labute approximate surface area is 347 Å². The van der Waals surface area contributed by atoms with Crippen molar-refractivity contribution in [1.82, 2.24) is 30.4 Å². The number of likely N-dealkylation sites (tertiary alicyclic amines) is 1. The van der Waals surface area contributed by atoms with Crippen molar-refractivity contribution in [2.24, 2.45) is 23.5 Å². The van der Waals surface area contributed by atoms with Crippen molar-refractivity contribution in [2.45, 2.75) is 68.0 Å². The van der Waals surface area contributed by atoms with Crippen molar-refractivity contribution in [3.8, 4) is 0 Å². The van der Waals surface area contributed by atoms with Crippen molar-refractivity contribution in [3.63, 3.8) is 0 Å². The molecule has 2 aromatic carbocycles. The van der Waals surface area contributed by atoms with Crippen LogP contribution in [0.1, 0.15) is 81.0 Å². The predicted molar refractivity (Wildman–Crippen MR) is 217 cm³/mol. The standard InChI is InChI=1S/C42H47N9O8S/c1-60(58,59)27-7-4-23(5-8-27)17-32-37(38(43)53)44-19-34(46-32)49-14-2-3-24(20-49)45-40(55)36-30-21-50(22-31(30)36)25-12-15-48(16-13-25)26-6-9-28-29(18-26)42(57)51(41(28)56)33-10-11-35(52)47-39(33)54/h4-9,18-19,24-25,30-31,33,36H,2-3,10-17,20-22H2,1H3,(H2,43,53)(H,45,55)(H,47,52,54)/t24-,30-,31+,33?,36?/m1/s1. The number of nitrogens with zero attached hydrogens (tertiary/aromatic N) is 6. The third-order valence-electron chi connectivity index (χ3n) is 13.2. The van der Waals surface area contributed by atoms with Crippen LogP contribution in [0.3, 0.4) is 0 Å². The highest BCUT2D eigenvalue weighted by Crippen LogP contribution is 2.53. The molecule has 17 nitrogen and oxygen atoms in total. The SMILES string of the molecule is CS(=O)(=O)c1ccc(Cc2nc(N3CCC[C@@H](NC(=O)C4[C@H]5CN(C6CCN(c7ccc8c(c7)C(=O)N(C7CCC(=O)NC7=O)C8=O)CC6)C[C@@H]45)C3)cnc2C(N)=O)cc1. The van der Waals surface area contributed by atoms with Gasteiger partial charge >= 0.3 is 0 Å².